The lowest BCUT2D eigenvalue weighted by atomic mass is 9.99. The third kappa shape index (κ3) is 5.05. The van der Waals surface area contributed by atoms with E-state index in [9.17, 15) is 19.2 Å². The molecule has 0 aromatic heterocycles. The van der Waals surface area contributed by atoms with Gasteiger partial charge in [-0.25, -0.2) is 4.39 Å². The van der Waals surface area contributed by atoms with Gasteiger partial charge in [-0.15, -0.1) is 0 Å². The largest absolute Gasteiger partial charge is 0.460 e. The second-order valence-electron chi connectivity index (χ2n) is 6.18. The van der Waals surface area contributed by atoms with Crippen molar-refractivity contribution in [1.82, 2.24) is 5.32 Å². The van der Waals surface area contributed by atoms with E-state index in [0.717, 1.165) is 16.7 Å². The second kappa shape index (κ2) is 9.29. The molecule has 0 radical (unpaired) electrons. The van der Waals surface area contributed by atoms with Crippen LogP contribution in [0, 0.1) is 17.1 Å². The van der Waals surface area contributed by atoms with E-state index >= 15 is 0 Å². The van der Waals surface area contributed by atoms with Crippen molar-refractivity contribution in [1.29, 1.82) is 5.26 Å². The molecule has 0 unspecified atom stereocenters. The standard InChI is InChI=1S/C23H17FN2O3/c24-21-8-4-3-7-20(21)23(28)26-14-22(27)29-15-16-9-11-17(12-10-16)19-6-2-1-5-18(19)13-25/h1-12H,14-15H2,(H,26,28). The number of carbonyl (C=O) groups excluding carboxylic acids is 2. The lowest BCUT2D eigenvalue weighted by Crippen LogP contribution is -2.31. The molecule has 0 spiro atoms. The van der Waals surface area contributed by atoms with Crippen LogP contribution in [-0.4, -0.2) is 18.4 Å². The van der Waals surface area contributed by atoms with Gasteiger partial charge in [0.25, 0.3) is 5.91 Å². The molecule has 5 nitrogen and oxygen atoms in total. The zero-order valence-electron chi connectivity index (χ0n) is 15.4. The van der Waals surface area contributed by atoms with Crippen molar-refractivity contribution in [2.24, 2.45) is 0 Å². The Kier molecular flexibility index (Phi) is 6.33. The number of amides is 1. The third-order valence-electron chi connectivity index (χ3n) is 4.22. The number of nitriles is 1. The number of ether oxygens (including phenoxy) is 1. The molecule has 0 fully saturated rings. The third-order valence-corrected chi connectivity index (χ3v) is 4.22. The molecule has 3 rings (SSSR count). The van der Waals surface area contributed by atoms with Crippen LogP contribution in [0.25, 0.3) is 11.1 Å². The number of rotatable bonds is 6. The van der Waals surface area contributed by atoms with E-state index < -0.39 is 17.7 Å². The Hall–Kier alpha value is -3.98. The number of carbonyl (C=O) groups is 2. The number of hydrogen-bond donors (Lipinski definition) is 1. The number of halogens is 1. The first-order valence-corrected chi connectivity index (χ1v) is 8.85. The van der Waals surface area contributed by atoms with Crippen molar-refractivity contribution < 1.29 is 18.7 Å². The Labute approximate surface area is 167 Å². The molecular formula is C23H17FN2O3. The minimum Gasteiger partial charge on any atom is -0.460 e. The number of nitrogens with zero attached hydrogens (tertiary/aromatic N) is 1. The average Bonchev–Trinajstić information content (AvgIpc) is 2.76. The molecule has 0 saturated heterocycles. The summed E-state index contributed by atoms with van der Waals surface area (Å²) in [4.78, 5) is 23.7. The highest BCUT2D eigenvalue weighted by atomic mass is 19.1. The van der Waals surface area contributed by atoms with E-state index in [0.29, 0.717) is 5.56 Å². The first kappa shape index (κ1) is 19.8. The van der Waals surface area contributed by atoms with Gasteiger partial charge in [0.05, 0.1) is 17.2 Å². The monoisotopic (exact) mass is 388 g/mol. The van der Waals surface area contributed by atoms with Gasteiger partial charge in [-0.3, -0.25) is 9.59 Å². The van der Waals surface area contributed by atoms with E-state index in [1.54, 1.807) is 24.3 Å². The van der Waals surface area contributed by atoms with Crippen molar-refractivity contribution >= 4 is 11.9 Å². The summed E-state index contributed by atoms with van der Waals surface area (Å²) in [6, 6.07) is 22.3. The molecule has 3 aromatic carbocycles. The molecule has 0 bridgehead atoms. The van der Waals surface area contributed by atoms with Crippen LogP contribution in [0.15, 0.2) is 72.8 Å². The van der Waals surface area contributed by atoms with Gasteiger partial charge in [0.15, 0.2) is 0 Å². The van der Waals surface area contributed by atoms with Gasteiger partial charge in [0.1, 0.15) is 19.0 Å². The normalized spacial score (nSPS) is 10.1. The van der Waals surface area contributed by atoms with Crippen LogP contribution in [0.2, 0.25) is 0 Å². The maximum absolute atomic E-state index is 13.5. The molecule has 0 aliphatic heterocycles. The molecule has 3 aromatic rings. The van der Waals surface area contributed by atoms with Gasteiger partial charge in [0.2, 0.25) is 0 Å². The summed E-state index contributed by atoms with van der Waals surface area (Å²) in [6.45, 7) is -0.324. The Morgan fingerprint density at radius 3 is 2.38 bits per heavy atom. The quantitative estimate of drug-likeness (QED) is 0.651. The molecule has 0 atom stereocenters. The van der Waals surface area contributed by atoms with Gasteiger partial charge in [-0.1, -0.05) is 54.6 Å². The predicted octanol–water partition coefficient (Wildman–Crippen LogP) is 3.84. The second-order valence-corrected chi connectivity index (χ2v) is 6.18. The summed E-state index contributed by atoms with van der Waals surface area (Å²) in [6.07, 6.45) is 0. The van der Waals surface area contributed by atoms with E-state index in [1.165, 1.54) is 24.3 Å². The van der Waals surface area contributed by atoms with Gasteiger partial charge >= 0.3 is 5.97 Å². The first-order valence-electron chi connectivity index (χ1n) is 8.85. The molecular weight excluding hydrogens is 371 g/mol. The summed E-state index contributed by atoms with van der Waals surface area (Å²) in [7, 11) is 0. The van der Waals surface area contributed by atoms with Crippen molar-refractivity contribution in [2.45, 2.75) is 6.61 Å². The molecule has 1 N–H and O–H groups in total. The van der Waals surface area contributed by atoms with Gasteiger partial charge in [-0.2, -0.15) is 5.26 Å². The fourth-order valence-corrected chi connectivity index (χ4v) is 2.72. The van der Waals surface area contributed by atoms with E-state index in [4.69, 9.17) is 4.74 Å². The highest BCUT2D eigenvalue weighted by Gasteiger charge is 2.12. The molecule has 0 saturated carbocycles. The topological polar surface area (TPSA) is 79.2 Å². The van der Waals surface area contributed by atoms with Crippen LogP contribution in [0.5, 0.6) is 0 Å². The Balaban J connectivity index is 1.52. The first-order chi connectivity index (χ1) is 14.1. The van der Waals surface area contributed by atoms with Gasteiger partial charge in [0, 0.05) is 0 Å². The van der Waals surface area contributed by atoms with Crippen LogP contribution < -0.4 is 5.32 Å². The molecule has 29 heavy (non-hydrogen) atoms. The van der Waals surface area contributed by atoms with Crippen molar-refractivity contribution in [2.75, 3.05) is 6.54 Å². The summed E-state index contributed by atoms with van der Waals surface area (Å²) >= 11 is 0. The fourth-order valence-electron chi connectivity index (χ4n) is 2.72. The Morgan fingerprint density at radius 2 is 1.66 bits per heavy atom. The van der Waals surface area contributed by atoms with Crippen LogP contribution >= 0.6 is 0 Å². The zero-order valence-corrected chi connectivity index (χ0v) is 15.4. The average molecular weight is 388 g/mol. The maximum Gasteiger partial charge on any atom is 0.325 e. The predicted molar refractivity (Wildman–Crippen MR) is 105 cm³/mol. The molecule has 144 valence electrons. The lowest BCUT2D eigenvalue weighted by molar-refractivity contribution is -0.143. The minimum atomic E-state index is -0.680. The van der Waals surface area contributed by atoms with Gasteiger partial charge < -0.3 is 10.1 Å². The Morgan fingerprint density at radius 1 is 0.966 bits per heavy atom. The molecule has 0 heterocycles. The lowest BCUT2D eigenvalue weighted by Gasteiger charge is -2.08. The van der Waals surface area contributed by atoms with E-state index in [2.05, 4.69) is 11.4 Å². The number of benzene rings is 3. The molecule has 0 aliphatic rings. The van der Waals surface area contributed by atoms with Crippen LogP contribution in [0.3, 0.4) is 0 Å². The van der Waals surface area contributed by atoms with Crippen molar-refractivity contribution in [3.8, 4) is 17.2 Å². The minimum absolute atomic E-state index is 0.0363. The van der Waals surface area contributed by atoms with Crippen LogP contribution in [0.1, 0.15) is 21.5 Å². The number of esters is 1. The van der Waals surface area contributed by atoms with Gasteiger partial charge in [-0.05, 0) is 34.9 Å². The van der Waals surface area contributed by atoms with Crippen molar-refractivity contribution in [3.63, 3.8) is 0 Å². The molecule has 6 heteroatoms. The molecule has 0 aliphatic carbocycles. The SMILES string of the molecule is N#Cc1ccccc1-c1ccc(COC(=O)CNC(=O)c2ccccc2F)cc1. The van der Waals surface area contributed by atoms with Crippen LogP contribution in [-0.2, 0) is 16.1 Å². The Bertz CT molecular complexity index is 1070. The highest BCUT2D eigenvalue weighted by Crippen LogP contribution is 2.23. The summed E-state index contributed by atoms with van der Waals surface area (Å²) in [5.41, 5.74) is 2.92. The molecule has 1 amide bonds. The highest BCUT2D eigenvalue weighted by molar-refractivity contribution is 5.96. The smallest absolute Gasteiger partial charge is 0.325 e. The fraction of sp³-hybridized carbons (Fsp3) is 0.0870. The van der Waals surface area contributed by atoms with E-state index in [-0.39, 0.29) is 18.7 Å². The number of hydrogen-bond acceptors (Lipinski definition) is 4. The van der Waals surface area contributed by atoms with E-state index in [1.807, 2.05) is 24.3 Å². The maximum atomic E-state index is 13.5. The summed E-state index contributed by atoms with van der Waals surface area (Å²) in [5, 5.41) is 11.5. The number of nitrogens with one attached hydrogen (secondary N) is 1. The summed E-state index contributed by atoms with van der Waals surface area (Å²) in [5.74, 6) is -1.97. The van der Waals surface area contributed by atoms with Crippen LogP contribution in [0.4, 0.5) is 4.39 Å². The van der Waals surface area contributed by atoms with Crippen molar-refractivity contribution in [3.05, 3.63) is 95.3 Å². The zero-order chi connectivity index (χ0) is 20.6. The summed E-state index contributed by atoms with van der Waals surface area (Å²) < 4.78 is 18.7.